The van der Waals surface area contributed by atoms with Gasteiger partial charge in [-0.2, -0.15) is 0 Å². The SMILES string of the molecule is NC(c1ccc(OC(F)(F)F)c(Cl)c1)C(F)F. The standard InChI is InChI=1S/C9H7ClF5NO/c10-5-3-4(7(16)8(11)12)1-2-6(5)17-9(13,14)15/h1-3,7-8H,16H2. The zero-order chi connectivity index (χ0) is 13.2. The van der Waals surface area contributed by atoms with Gasteiger partial charge in [0.05, 0.1) is 11.1 Å². The van der Waals surface area contributed by atoms with Crippen molar-refractivity contribution < 1.29 is 26.7 Å². The summed E-state index contributed by atoms with van der Waals surface area (Å²) in [6.45, 7) is 0. The van der Waals surface area contributed by atoms with Crippen molar-refractivity contribution in [3.8, 4) is 5.75 Å². The molecule has 0 fully saturated rings. The lowest BCUT2D eigenvalue weighted by Gasteiger charge is -2.14. The summed E-state index contributed by atoms with van der Waals surface area (Å²) in [7, 11) is 0. The highest BCUT2D eigenvalue weighted by molar-refractivity contribution is 6.32. The molecule has 0 aliphatic heterocycles. The van der Waals surface area contributed by atoms with Crippen molar-refractivity contribution in [3.05, 3.63) is 28.8 Å². The molecule has 0 saturated carbocycles. The molecular formula is C9H7ClF5NO. The Labute approximate surface area is 98.1 Å². The predicted octanol–water partition coefficient (Wildman–Crippen LogP) is 3.50. The summed E-state index contributed by atoms with van der Waals surface area (Å²) >= 11 is 5.46. The molecular weight excluding hydrogens is 269 g/mol. The summed E-state index contributed by atoms with van der Waals surface area (Å²) < 4.78 is 63.7. The highest BCUT2D eigenvalue weighted by Crippen LogP contribution is 2.32. The van der Waals surface area contributed by atoms with Crippen LogP contribution >= 0.6 is 11.6 Å². The lowest BCUT2D eigenvalue weighted by atomic mass is 10.1. The number of nitrogens with two attached hydrogens (primary N) is 1. The van der Waals surface area contributed by atoms with Crippen molar-refractivity contribution in [2.45, 2.75) is 18.8 Å². The van der Waals surface area contributed by atoms with Crippen molar-refractivity contribution in [1.29, 1.82) is 0 Å². The van der Waals surface area contributed by atoms with E-state index in [0.717, 1.165) is 18.2 Å². The van der Waals surface area contributed by atoms with Gasteiger partial charge in [-0.15, -0.1) is 13.2 Å². The molecule has 0 aliphatic rings. The van der Waals surface area contributed by atoms with E-state index in [1.165, 1.54) is 0 Å². The van der Waals surface area contributed by atoms with Gasteiger partial charge in [0.15, 0.2) is 0 Å². The molecule has 2 nitrogen and oxygen atoms in total. The third-order valence-corrected chi connectivity index (χ3v) is 2.13. The van der Waals surface area contributed by atoms with Crippen LogP contribution in [-0.4, -0.2) is 12.8 Å². The Morgan fingerprint density at radius 1 is 1.24 bits per heavy atom. The van der Waals surface area contributed by atoms with Crippen LogP contribution in [0.3, 0.4) is 0 Å². The minimum Gasteiger partial charge on any atom is -0.404 e. The van der Waals surface area contributed by atoms with E-state index in [1.54, 1.807) is 0 Å². The van der Waals surface area contributed by atoms with Crippen molar-refractivity contribution in [2.75, 3.05) is 0 Å². The van der Waals surface area contributed by atoms with Gasteiger partial charge in [0.2, 0.25) is 0 Å². The van der Waals surface area contributed by atoms with Crippen molar-refractivity contribution in [2.24, 2.45) is 5.73 Å². The summed E-state index contributed by atoms with van der Waals surface area (Å²) in [5.41, 5.74) is 5.04. The van der Waals surface area contributed by atoms with Gasteiger partial charge in [-0.25, -0.2) is 8.78 Å². The fourth-order valence-electron chi connectivity index (χ4n) is 1.08. The molecule has 1 unspecified atom stereocenters. The first-order valence-corrected chi connectivity index (χ1v) is 4.67. The molecule has 0 amide bonds. The number of halogens is 6. The maximum absolute atomic E-state index is 12.2. The smallest absolute Gasteiger partial charge is 0.404 e. The average Bonchev–Trinajstić information content (AvgIpc) is 2.18. The highest BCUT2D eigenvalue weighted by atomic mass is 35.5. The van der Waals surface area contributed by atoms with Gasteiger partial charge in [0.25, 0.3) is 6.43 Å². The van der Waals surface area contributed by atoms with Gasteiger partial charge in [0.1, 0.15) is 5.75 Å². The predicted molar refractivity (Wildman–Crippen MR) is 51.1 cm³/mol. The Balaban J connectivity index is 2.94. The lowest BCUT2D eigenvalue weighted by molar-refractivity contribution is -0.274. The Morgan fingerprint density at radius 3 is 2.24 bits per heavy atom. The summed E-state index contributed by atoms with van der Waals surface area (Å²) in [5, 5.41) is -0.434. The molecule has 17 heavy (non-hydrogen) atoms. The lowest BCUT2D eigenvalue weighted by Crippen LogP contribution is -2.20. The summed E-state index contributed by atoms with van der Waals surface area (Å²) in [6, 6.07) is 1.16. The summed E-state index contributed by atoms with van der Waals surface area (Å²) in [5.74, 6) is -0.663. The van der Waals surface area contributed by atoms with Crippen LogP contribution in [-0.2, 0) is 0 Å². The third-order valence-electron chi connectivity index (χ3n) is 1.84. The minimum absolute atomic E-state index is 0.0699. The Bertz CT molecular complexity index is 395. The Morgan fingerprint density at radius 2 is 1.82 bits per heavy atom. The second-order valence-electron chi connectivity index (χ2n) is 3.10. The molecule has 1 rings (SSSR count). The number of rotatable bonds is 3. The topological polar surface area (TPSA) is 35.2 Å². The average molecular weight is 276 g/mol. The first-order chi connectivity index (χ1) is 7.70. The van der Waals surface area contributed by atoms with Gasteiger partial charge in [-0.3, -0.25) is 0 Å². The monoisotopic (exact) mass is 275 g/mol. The van der Waals surface area contributed by atoms with Crippen LogP contribution in [0.15, 0.2) is 18.2 Å². The summed E-state index contributed by atoms with van der Waals surface area (Å²) in [6.07, 6.45) is -7.73. The number of benzene rings is 1. The molecule has 0 aromatic heterocycles. The molecule has 2 N–H and O–H groups in total. The van der Waals surface area contributed by atoms with E-state index in [0.29, 0.717) is 0 Å². The van der Waals surface area contributed by atoms with E-state index >= 15 is 0 Å². The van der Waals surface area contributed by atoms with Crippen LogP contribution in [0, 0.1) is 0 Å². The zero-order valence-corrected chi connectivity index (χ0v) is 8.90. The zero-order valence-electron chi connectivity index (χ0n) is 8.14. The quantitative estimate of drug-likeness (QED) is 0.857. The van der Waals surface area contributed by atoms with E-state index in [2.05, 4.69) is 4.74 Å². The van der Waals surface area contributed by atoms with E-state index in [9.17, 15) is 22.0 Å². The van der Waals surface area contributed by atoms with Gasteiger partial charge >= 0.3 is 6.36 Å². The molecule has 0 heterocycles. The molecule has 0 bridgehead atoms. The van der Waals surface area contributed by atoms with Crippen LogP contribution in [0.5, 0.6) is 5.75 Å². The van der Waals surface area contributed by atoms with Crippen LogP contribution in [0.1, 0.15) is 11.6 Å². The first kappa shape index (κ1) is 14.0. The maximum atomic E-state index is 12.2. The number of hydrogen-bond acceptors (Lipinski definition) is 2. The number of ether oxygens (including phenoxy) is 1. The van der Waals surface area contributed by atoms with Crippen LogP contribution < -0.4 is 10.5 Å². The normalized spacial score (nSPS) is 13.9. The second kappa shape index (κ2) is 5.05. The van der Waals surface area contributed by atoms with E-state index < -0.39 is 29.6 Å². The van der Waals surface area contributed by atoms with Crippen molar-refractivity contribution in [1.82, 2.24) is 0 Å². The molecule has 1 aromatic rings. The van der Waals surface area contributed by atoms with E-state index in [-0.39, 0.29) is 5.56 Å². The molecule has 0 aliphatic carbocycles. The number of alkyl halides is 5. The van der Waals surface area contributed by atoms with E-state index in [1.807, 2.05) is 0 Å². The van der Waals surface area contributed by atoms with E-state index in [4.69, 9.17) is 17.3 Å². The Kier molecular flexibility index (Phi) is 4.16. The van der Waals surface area contributed by atoms with Gasteiger partial charge < -0.3 is 10.5 Å². The third kappa shape index (κ3) is 4.01. The minimum atomic E-state index is -4.89. The largest absolute Gasteiger partial charge is 0.573 e. The highest BCUT2D eigenvalue weighted by Gasteiger charge is 2.32. The van der Waals surface area contributed by atoms with Crippen LogP contribution in [0.2, 0.25) is 5.02 Å². The molecule has 0 saturated heterocycles. The van der Waals surface area contributed by atoms with Crippen molar-refractivity contribution in [3.63, 3.8) is 0 Å². The van der Waals surface area contributed by atoms with Gasteiger partial charge in [0, 0.05) is 0 Å². The number of hydrogen-bond donors (Lipinski definition) is 1. The summed E-state index contributed by atoms with van der Waals surface area (Å²) in [4.78, 5) is 0. The maximum Gasteiger partial charge on any atom is 0.573 e. The van der Waals surface area contributed by atoms with Crippen LogP contribution in [0.4, 0.5) is 22.0 Å². The fourth-order valence-corrected chi connectivity index (χ4v) is 1.30. The van der Waals surface area contributed by atoms with Crippen molar-refractivity contribution >= 4 is 11.6 Å². The molecule has 96 valence electrons. The fraction of sp³-hybridized carbons (Fsp3) is 0.333. The second-order valence-corrected chi connectivity index (χ2v) is 3.51. The molecule has 1 aromatic carbocycles. The molecule has 0 spiro atoms. The van der Waals surface area contributed by atoms with Crippen LogP contribution in [0.25, 0.3) is 0 Å². The molecule has 1 atom stereocenters. The van der Waals surface area contributed by atoms with Gasteiger partial charge in [-0.05, 0) is 17.7 Å². The van der Waals surface area contributed by atoms with Gasteiger partial charge in [-0.1, -0.05) is 17.7 Å². The Hall–Kier alpha value is -1.08. The molecule has 8 heteroatoms. The first-order valence-electron chi connectivity index (χ1n) is 4.29. The molecule has 0 radical (unpaired) electrons.